The molecule has 0 saturated carbocycles. The Balaban J connectivity index is 2.08. The number of carbonyl (C=O) groups is 1. The second-order valence-electron chi connectivity index (χ2n) is 6.71. The van der Waals surface area contributed by atoms with E-state index in [4.69, 9.17) is 16.6 Å². The Kier molecular flexibility index (Phi) is 4.29. The van der Waals surface area contributed by atoms with Gasteiger partial charge in [-0.2, -0.15) is 0 Å². The van der Waals surface area contributed by atoms with Gasteiger partial charge in [0.05, 0.1) is 22.5 Å². The number of anilines is 1. The van der Waals surface area contributed by atoms with Crippen LogP contribution in [0, 0.1) is 6.92 Å². The van der Waals surface area contributed by atoms with Crippen LogP contribution in [-0.2, 0) is 0 Å². The molecule has 1 saturated heterocycles. The van der Waals surface area contributed by atoms with Crippen molar-refractivity contribution >= 4 is 34.2 Å². The number of carboxylic acid groups (broad SMARTS) is 1. The lowest BCUT2D eigenvalue weighted by molar-refractivity contribution is 0.0699. The average molecular weight is 367 g/mol. The fourth-order valence-corrected chi connectivity index (χ4v) is 3.78. The lowest BCUT2D eigenvalue weighted by Crippen LogP contribution is -2.22. The van der Waals surface area contributed by atoms with Gasteiger partial charge in [0.15, 0.2) is 0 Å². The summed E-state index contributed by atoms with van der Waals surface area (Å²) in [5.74, 6) is -0.949. The van der Waals surface area contributed by atoms with Crippen LogP contribution in [0.1, 0.15) is 28.8 Å². The van der Waals surface area contributed by atoms with Gasteiger partial charge in [-0.25, -0.2) is 9.78 Å². The maximum Gasteiger partial charge on any atom is 0.338 e. The molecule has 0 radical (unpaired) electrons. The number of carboxylic acids is 1. The van der Waals surface area contributed by atoms with Gasteiger partial charge < -0.3 is 10.0 Å². The molecule has 0 atom stereocenters. The Morgan fingerprint density at radius 1 is 1.12 bits per heavy atom. The Morgan fingerprint density at radius 2 is 1.81 bits per heavy atom. The average Bonchev–Trinajstić information content (AvgIpc) is 3.15. The van der Waals surface area contributed by atoms with E-state index in [1.54, 1.807) is 18.2 Å². The summed E-state index contributed by atoms with van der Waals surface area (Å²) >= 11 is 6.15. The van der Waals surface area contributed by atoms with Gasteiger partial charge in [-0.1, -0.05) is 41.4 Å². The minimum Gasteiger partial charge on any atom is -0.478 e. The van der Waals surface area contributed by atoms with Crippen molar-refractivity contribution < 1.29 is 9.90 Å². The Bertz CT molecular complexity index is 993. The highest BCUT2D eigenvalue weighted by Gasteiger charge is 2.27. The third-order valence-corrected chi connectivity index (χ3v) is 5.12. The summed E-state index contributed by atoms with van der Waals surface area (Å²) in [6.45, 7) is 3.71. The zero-order valence-corrected chi connectivity index (χ0v) is 15.3. The SMILES string of the molecule is Cc1ccc(-c2nc3ccc(Cl)cc3c(C(=O)O)c2N2CCCC2)cc1. The van der Waals surface area contributed by atoms with Gasteiger partial charge in [0, 0.05) is 29.1 Å². The first kappa shape index (κ1) is 16.9. The standard InChI is InChI=1S/C21H19ClN2O2/c1-13-4-6-14(7-5-13)19-20(24-10-2-3-11-24)18(21(25)26)16-12-15(22)8-9-17(16)23-19/h4-9,12H,2-3,10-11H2,1H3,(H,25,26). The predicted octanol–water partition coefficient (Wildman–Crippen LogP) is 5.16. The first-order valence-corrected chi connectivity index (χ1v) is 9.11. The van der Waals surface area contributed by atoms with E-state index in [1.807, 2.05) is 31.2 Å². The zero-order chi connectivity index (χ0) is 18.3. The second-order valence-corrected chi connectivity index (χ2v) is 7.15. The molecule has 1 fully saturated rings. The third kappa shape index (κ3) is 2.90. The van der Waals surface area contributed by atoms with Crippen LogP contribution in [0.25, 0.3) is 22.2 Å². The summed E-state index contributed by atoms with van der Waals surface area (Å²) < 4.78 is 0. The highest BCUT2D eigenvalue weighted by molar-refractivity contribution is 6.31. The number of aromatic carboxylic acids is 1. The van der Waals surface area contributed by atoms with Crippen LogP contribution in [0.2, 0.25) is 5.02 Å². The molecule has 1 N–H and O–H groups in total. The van der Waals surface area contributed by atoms with Crippen LogP contribution in [-0.4, -0.2) is 29.1 Å². The number of benzene rings is 2. The van der Waals surface area contributed by atoms with E-state index in [2.05, 4.69) is 4.90 Å². The molecule has 3 aromatic rings. The van der Waals surface area contributed by atoms with Crippen molar-refractivity contribution in [3.63, 3.8) is 0 Å². The summed E-state index contributed by atoms with van der Waals surface area (Å²) in [7, 11) is 0. The Labute approximate surface area is 157 Å². The molecule has 0 spiro atoms. The summed E-state index contributed by atoms with van der Waals surface area (Å²) in [5, 5.41) is 11.1. The van der Waals surface area contributed by atoms with Crippen LogP contribution in [0.15, 0.2) is 42.5 Å². The fraction of sp³-hybridized carbons (Fsp3) is 0.238. The highest BCUT2D eigenvalue weighted by atomic mass is 35.5. The first-order chi connectivity index (χ1) is 12.5. The largest absolute Gasteiger partial charge is 0.478 e. The molecule has 132 valence electrons. The van der Waals surface area contributed by atoms with E-state index >= 15 is 0 Å². The van der Waals surface area contributed by atoms with E-state index in [0.29, 0.717) is 21.6 Å². The molecule has 0 unspecified atom stereocenters. The predicted molar refractivity (Wildman–Crippen MR) is 105 cm³/mol. The molecule has 1 aliphatic rings. The van der Waals surface area contributed by atoms with E-state index in [-0.39, 0.29) is 5.56 Å². The quantitative estimate of drug-likeness (QED) is 0.695. The minimum atomic E-state index is -0.949. The van der Waals surface area contributed by atoms with Crippen molar-refractivity contribution in [2.75, 3.05) is 18.0 Å². The second kappa shape index (κ2) is 6.61. The number of nitrogens with zero attached hydrogens (tertiary/aromatic N) is 2. The van der Waals surface area contributed by atoms with Gasteiger partial charge in [-0.15, -0.1) is 0 Å². The monoisotopic (exact) mass is 366 g/mol. The van der Waals surface area contributed by atoms with Crippen molar-refractivity contribution in [2.45, 2.75) is 19.8 Å². The van der Waals surface area contributed by atoms with Crippen molar-refractivity contribution in [1.29, 1.82) is 0 Å². The maximum absolute atomic E-state index is 12.2. The summed E-state index contributed by atoms with van der Waals surface area (Å²) in [6.07, 6.45) is 2.11. The van der Waals surface area contributed by atoms with Crippen LogP contribution in [0.3, 0.4) is 0 Å². The van der Waals surface area contributed by atoms with Crippen LogP contribution in [0.4, 0.5) is 5.69 Å². The van der Waals surface area contributed by atoms with Gasteiger partial charge in [-0.05, 0) is 38.0 Å². The van der Waals surface area contributed by atoms with Crippen molar-refractivity contribution in [2.24, 2.45) is 0 Å². The molecule has 26 heavy (non-hydrogen) atoms. The van der Waals surface area contributed by atoms with Gasteiger partial charge in [0.1, 0.15) is 0 Å². The maximum atomic E-state index is 12.2. The molecule has 1 aliphatic heterocycles. The number of hydrogen-bond acceptors (Lipinski definition) is 3. The van der Waals surface area contributed by atoms with E-state index in [1.165, 1.54) is 0 Å². The molecule has 2 heterocycles. The molecule has 0 amide bonds. The summed E-state index contributed by atoms with van der Waals surface area (Å²) in [4.78, 5) is 19.2. The first-order valence-electron chi connectivity index (χ1n) is 8.73. The number of rotatable bonds is 3. The zero-order valence-electron chi connectivity index (χ0n) is 14.5. The van der Waals surface area contributed by atoms with Crippen molar-refractivity contribution in [1.82, 2.24) is 4.98 Å². The number of pyridine rings is 1. The molecular formula is C21H19ClN2O2. The molecular weight excluding hydrogens is 348 g/mol. The van der Waals surface area contributed by atoms with Gasteiger partial charge in [0.25, 0.3) is 0 Å². The van der Waals surface area contributed by atoms with Crippen LogP contribution >= 0.6 is 11.6 Å². The van der Waals surface area contributed by atoms with E-state index < -0.39 is 5.97 Å². The number of hydrogen-bond donors (Lipinski definition) is 1. The van der Waals surface area contributed by atoms with Gasteiger partial charge in [-0.3, -0.25) is 0 Å². The normalized spacial score (nSPS) is 14.2. The fourth-order valence-electron chi connectivity index (χ4n) is 3.60. The molecule has 0 bridgehead atoms. The van der Waals surface area contributed by atoms with Gasteiger partial charge >= 0.3 is 5.97 Å². The number of halogens is 1. The van der Waals surface area contributed by atoms with Crippen molar-refractivity contribution in [3.05, 3.63) is 58.6 Å². The van der Waals surface area contributed by atoms with Crippen molar-refractivity contribution in [3.8, 4) is 11.3 Å². The molecule has 1 aromatic heterocycles. The number of aromatic nitrogens is 1. The lowest BCUT2D eigenvalue weighted by Gasteiger charge is -2.24. The number of aryl methyl sites for hydroxylation is 1. The lowest BCUT2D eigenvalue weighted by atomic mass is 9.99. The van der Waals surface area contributed by atoms with Crippen LogP contribution < -0.4 is 4.90 Å². The third-order valence-electron chi connectivity index (χ3n) is 4.88. The Morgan fingerprint density at radius 3 is 2.46 bits per heavy atom. The van der Waals surface area contributed by atoms with Crippen LogP contribution in [0.5, 0.6) is 0 Å². The topological polar surface area (TPSA) is 53.4 Å². The molecule has 0 aliphatic carbocycles. The number of fused-ring (bicyclic) bond motifs is 1. The molecule has 4 nitrogen and oxygen atoms in total. The summed E-state index contributed by atoms with van der Waals surface area (Å²) in [5.41, 5.74) is 4.44. The van der Waals surface area contributed by atoms with Gasteiger partial charge in [0.2, 0.25) is 0 Å². The molecule has 5 heteroatoms. The minimum absolute atomic E-state index is 0.287. The smallest absolute Gasteiger partial charge is 0.338 e. The van der Waals surface area contributed by atoms with E-state index in [9.17, 15) is 9.90 Å². The molecule has 2 aromatic carbocycles. The highest BCUT2D eigenvalue weighted by Crippen LogP contribution is 2.39. The van der Waals surface area contributed by atoms with E-state index in [0.717, 1.165) is 42.8 Å². The summed E-state index contributed by atoms with van der Waals surface area (Å²) in [6, 6.07) is 13.3. The Hall–Kier alpha value is -2.59. The molecule has 4 rings (SSSR count).